The van der Waals surface area contributed by atoms with E-state index >= 15 is 0 Å². The van der Waals surface area contributed by atoms with Crippen molar-refractivity contribution in [2.45, 2.75) is 46.6 Å². The maximum atomic E-state index is 11.0. The van der Waals surface area contributed by atoms with E-state index in [-0.39, 0.29) is 22.9 Å². The van der Waals surface area contributed by atoms with E-state index in [0.29, 0.717) is 0 Å². The topological polar surface area (TPSA) is 26.3 Å². The van der Waals surface area contributed by atoms with Gasteiger partial charge in [-0.1, -0.05) is 26.0 Å². The molecular weight excluding hydrogens is 188 g/mol. The van der Waals surface area contributed by atoms with Crippen molar-refractivity contribution in [3.63, 3.8) is 0 Å². The molecule has 2 bridgehead atoms. The Morgan fingerprint density at radius 2 is 2.20 bits per heavy atom. The predicted molar refractivity (Wildman–Crippen MR) is 59.3 cm³/mol. The summed E-state index contributed by atoms with van der Waals surface area (Å²) in [4.78, 5) is 11.0. The van der Waals surface area contributed by atoms with Gasteiger partial charge in [0.1, 0.15) is 6.10 Å². The third-order valence-corrected chi connectivity index (χ3v) is 4.71. The SMILES string of the molecule is CC(=O)OC(C)C12C=CCC(C1)C2(C)C. The smallest absolute Gasteiger partial charge is 0.302 e. The van der Waals surface area contributed by atoms with E-state index in [1.807, 2.05) is 6.92 Å². The van der Waals surface area contributed by atoms with Gasteiger partial charge in [0.25, 0.3) is 0 Å². The lowest BCUT2D eigenvalue weighted by atomic mass is 9.40. The van der Waals surface area contributed by atoms with Gasteiger partial charge in [-0.05, 0) is 31.1 Å². The Hall–Kier alpha value is -0.790. The fraction of sp³-hybridized carbons (Fsp3) is 0.769. The standard InChI is InChI=1S/C13H20O2/c1-9(15-10(2)14)13-7-5-6-11(8-13)12(13,3)4/h5,7,9,11H,6,8H2,1-4H3. The van der Waals surface area contributed by atoms with Crippen LogP contribution in [0.25, 0.3) is 0 Å². The van der Waals surface area contributed by atoms with Gasteiger partial charge in [-0.25, -0.2) is 0 Å². The van der Waals surface area contributed by atoms with Crippen LogP contribution >= 0.6 is 0 Å². The Bertz CT molecular complexity index is 316. The van der Waals surface area contributed by atoms with Crippen LogP contribution < -0.4 is 0 Å². The number of ether oxygens (including phenoxy) is 1. The van der Waals surface area contributed by atoms with E-state index in [9.17, 15) is 4.79 Å². The van der Waals surface area contributed by atoms with Crippen molar-refractivity contribution in [3.8, 4) is 0 Å². The lowest BCUT2D eigenvalue weighted by Crippen LogP contribution is -2.61. The van der Waals surface area contributed by atoms with Gasteiger partial charge in [0.05, 0.1) is 0 Å². The number of hydrogen-bond acceptors (Lipinski definition) is 2. The minimum Gasteiger partial charge on any atom is -0.462 e. The molecular formula is C13H20O2. The summed E-state index contributed by atoms with van der Waals surface area (Å²) >= 11 is 0. The van der Waals surface area contributed by atoms with Gasteiger partial charge in [-0.15, -0.1) is 0 Å². The van der Waals surface area contributed by atoms with Crippen molar-refractivity contribution in [3.05, 3.63) is 12.2 Å². The van der Waals surface area contributed by atoms with Crippen LogP contribution in [0.15, 0.2) is 12.2 Å². The van der Waals surface area contributed by atoms with Gasteiger partial charge in [-0.3, -0.25) is 4.79 Å². The quantitative estimate of drug-likeness (QED) is 0.515. The Morgan fingerprint density at radius 3 is 2.67 bits per heavy atom. The van der Waals surface area contributed by atoms with Crippen LogP contribution in [0.4, 0.5) is 0 Å². The van der Waals surface area contributed by atoms with Crippen LogP contribution in [-0.2, 0) is 9.53 Å². The van der Waals surface area contributed by atoms with Crippen molar-refractivity contribution in [2.75, 3.05) is 0 Å². The Kier molecular flexibility index (Phi) is 2.21. The van der Waals surface area contributed by atoms with Gasteiger partial charge in [0.15, 0.2) is 0 Å². The predicted octanol–water partition coefficient (Wildman–Crippen LogP) is 2.93. The molecule has 0 aromatic rings. The summed E-state index contributed by atoms with van der Waals surface area (Å²) in [6.45, 7) is 8.10. The average molecular weight is 208 g/mol. The monoisotopic (exact) mass is 208 g/mol. The van der Waals surface area contributed by atoms with Crippen molar-refractivity contribution in [2.24, 2.45) is 16.7 Å². The number of allylic oxidation sites excluding steroid dienone is 1. The molecule has 3 aliphatic rings. The van der Waals surface area contributed by atoms with E-state index in [1.54, 1.807) is 0 Å². The fourth-order valence-electron chi connectivity index (χ4n) is 3.46. The number of carbonyl (C=O) groups excluding carboxylic acids is 1. The maximum Gasteiger partial charge on any atom is 0.302 e. The molecule has 0 heterocycles. The molecule has 2 heteroatoms. The first kappa shape index (κ1) is 10.7. The molecule has 3 unspecified atom stereocenters. The Balaban J connectivity index is 2.23. The molecule has 15 heavy (non-hydrogen) atoms. The lowest BCUT2D eigenvalue weighted by molar-refractivity contribution is -0.185. The van der Waals surface area contributed by atoms with Gasteiger partial charge in [0.2, 0.25) is 0 Å². The summed E-state index contributed by atoms with van der Waals surface area (Å²) < 4.78 is 5.38. The molecule has 0 amide bonds. The summed E-state index contributed by atoms with van der Waals surface area (Å²) in [6.07, 6.45) is 6.88. The largest absolute Gasteiger partial charge is 0.462 e. The molecule has 0 spiro atoms. The highest BCUT2D eigenvalue weighted by Gasteiger charge is 2.62. The Labute approximate surface area is 91.7 Å². The number of fused-ring (bicyclic) bond motifs is 1. The van der Waals surface area contributed by atoms with Crippen LogP contribution in [0.1, 0.15) is 40.5 Å². The van der Waals surface area contributed by atoms with Crippen molar-refractivity contribution < 1.29 is 9.53 Å². The zero-order chi connectivity index (χ0) is 11.3. The molecule has 0 saturated heterocycles. The lowest BCUT2D eigenvalue weighted by Gasteiger charge is -2.64. The van der Waals surface area contributed by atoms with Crippen molar-refractivity contribution in [1.29, 1.82) is 0 Å². The number of carbonyl (C=O) groups is 1. The minimum absolute atomic E-state index is 0.00204. The van der Waals surface area contributed by atoms with E-state index in [2.05, 4.69) is 26.0 Å². The van der Waals surface area contributed by atoms with Crippen LogP contribution in [0.3, 0.4) is 0 Å². The van der Waals surface area contributed by atoms with Crippen molar-refractivity contribution >= 4 is 5.97 Å². The first-order valence-corrected chi connectivity index (χ1v) is 5.75. The Morgan fingerprint density at radius 1 is 1.53 bits per heavy atom. The van der Waals surface area contributed by atoms with Gasteiger partial charge in [0, 0.05) is 12.3 Å². The minimum atomic E-state index is -0.171. The molecule has 0 aromatic heterocycles. The second kappa shape index (κ2) is 3.10. The molecule has 3 atom stereocenters. The van der Waals surface area contributed by atoms with Crippen LogP contribution in [0, 0.1) is 16.7 Å². The zero-order valence-corrected chi connectivity index (χ0v) is 10.0. The van der Waals surface area contributed by atoms with Crippen LogP contribution in [0.5, 0.6) is 0 Å². The summed E-state index contributed by atoms with van der Waals surface area (Å²) in [5.74, 6) is 0.593. The maximum absolute atomic E-state index is 11.0. The van der Waals surface area contributed by atoms with E-state index in [1.165, 1.54) is 19.8 Å². The van der Waals surface area contributed by atoms with Crippen LogP contribution in [0.2, 0.25) is 0 Å². The summed E-state index contributed by atoms with van der Waals surface area (Å²) in [7, 11) is 0. The third-order valence-electron chi connectivity index (χ3n) is 4.71. The number of esters is 1. The van der Waals surface area contributed by atoms with Gasteiger partial charge >= 0.3 is 5.97 Å². The van der Waals surface area contributed by atoms with E-state index < -0.39 is 0 Å². The zero-order valence-electron chi connectivity index (χ0n) is 10.0. The van der Waals surface area contributed by atoms with Crippen LogP contribution in [-0.4, -0.2) is 12.1 Å². The summed E-state index contributed by atoms with van der Waals surface area (Å²) in [5.41, 5.74) is 0.359. The van der Waals surface area contributed by atoms with Gasteiger partial charge in [-0.2, -0.15) is 0 Å². The highest BCUT2D eigenvalue weighted by Crippen LogP contribution is 2.67. The molecule has 2 nitrogen and oxygen atoms in total. The third kappa shape index (κ3) is 1.27. The highest BCUT2D eigenvalue weighted by atomic mass is 16.5. The van der Waals surface area contributed by atoms with E-state index in [0.717, 1.165) is 5.92 Å². The molecule has 84 valence electrons. The fourth-order valence-corrected chi connectivity index (χ4v) is 3.46. The second-order valence-electron chi connectivity index (χ2n) is 5.55. The molecule has 0 radical (unpaired) electrons. The first-order valence-electron chi connectivity index (χ1n) is 5.75. The molecule has 3 aliphatic carbocycles. The molecule has 0 N–H and O–H groups in total. The summed E-state index contributed by atoms with van der Waals surface area (Å²) in [6, 6.07) is 0. The molecule has 1 fully saturated rings. The first-order chi connectivity index (χ1) is 6.90. The van der Waals surface area contributed by atoms with Gasteiger partial charge < -0.3 is 4.74 Å². The highest BCUT2D eigenvalue weighted by molar-refractivity contribution is 5.66. The molecule has 3 rings (SSSR count). The number of hydrogen-bond donors (Lipinski definition) is 0. The second-order valence-corrected chi connectivity index (χ2v) is 5.55. The normalized spacial score (nSPS) is 38.0. The molecule has 0 aromatic carbocycles. The summed E-state index contributed by atoms with van der Waals surface area (Å²) in [5, 5.41) is 0. The average Bonchev–Trinajstić information content (AvgIpc) is 2.16. The van der Waals surface area contributed by atoms with E-state index in [4.69, 9.17) is 4.74 Å². The molecule has 1 saturated carbocycles. The molecule has 0 aliphatic heterocycles. The van der Waals surface area contributed by atoms with Crippen molar-refractivity contribution in [1.82, 2.24) is 0 Å². The number of rotatable bonds is 2.